The Morgan fingerprint density at radius 1 is 1.21 bits per heavy atom. The van der Waals surface area contributed by atoms with Crippen molar-refractivity contribution in [3.05, 3.63) is 68.7 Å². The molecule has 4 aromatic rings. The van der Waals surface area contributed by atoms with Crippen LogP contribution in [0.1, 0.15) is 29.0 Å². The molecule has 0 N–H and O–H groups in total. The predicted octanol–water partition coefficient (Wildman–Crippen LogP) is 4.20. The minimum Gasteiger partial charge on any atom is -0.461 e. The van der Waals surface area contributed by atoms with Gasteiger partial charge in [0.05, 0.1) is 11.3 Å². The molecule has 29 heavy (non-hydrogen) atoms. The monoisotopic (exact) mass is 410 g/mol. The summed E-state index contributed by atoms with van der Waals surface area (Å²) in [6.45, 7) is 3.92. The molecule has 0 bridgehead atoms. The van der Waals surface area contributed by atoms with Gasteiger partial charge < -0.3 is 13.7 Å². The van der Waals surface area contributed by atoms with Crippen molar-refractivity contribution in [1.29, 1.82) is 0 Å². The number of fused-ring (bicyclic) bond motifs is 1. The number of carbonyl (C=O) groups excluding carboxylic acids is 1. The number of hydrogen-bond donors (Lipinski definition) is 0. The van der Waals surface area contributed by atoms with Crippen LogP contribution in [0.3, 0.4) is 0 Å². The van der Waals surface area contributed by atoms with Crippen LogP contribution in [-0.2, 0) is 22.6 Å². The molecule has 0 spiro atoms. The van der Waals surface area contributed by atoms with Crippen LogP contribution >= 0.6 is 11.3 Å². The van der Waals surface area contributed by atoms with Crippen molar-refractivity contribution < 1.29 is 18.5 Å². The number of rotatable bonds is 6. The van der Waals surface area contributed by atoms with E-state index in [1.54, 1.807) is 0 Å². The molecule has 0 amide bonds. The molecule has 0 aliphatic rings. The Hall–Kier alpha value is -3.26. The first kappa shape index (κ1) is 19.1. The van der Waals surface area contributed by atoms with Crippen LogP contribution in [0.2, 0.25) is 0 Å². The smallest absolute Gasteiger partial charge is 0.336 e. The fraction of sp³-hybridized carbons (Fsp3) is 0.238. The molecule has 8 heteroatoms. The first-order valence-electron chi connectivity index (χ1n) is 9.05. The highest BCUT2D eigenvalue weighted by molar-refractivity contribution is 7.13. The van der Waals surface area contributed by atoms with Crippen LogP contribution in [0, 0.1) is 13.8 Å². The first-order chi connectivity index (χ1) is 14.0. The molecule has 0 saturated carbocycles. The van der Waals surface area contributed by atoms with E-state index in [1.165, 1.54) is 17.4 Å². The average molecular weight is 410 g/mol. The van der Waals surface area contributed by atoms with Gasteiger partial charge in [-0.3, -0.25) is 4.79 Å². The number of nitrogens with zero attached hydrogens (tertiary/aromatic N) is 2. The molecule has 0 aliphatic carbocycles. The highest BCUT2D eigenvalue weighted by Crippen LogP contribution is 2.23. The third-order valence-corrected chi connectivity index (χ3v) is 5.45. The minimum absolute atomic E-state index is 0.00624. The first-order valence-corrected chi connectivity index (χ1v) is 9.93. The van der Waals surface area contributed by atoms with E-state index in [0.717, 1.165) is 21.4 Å². The van der Waals surface area contributed by atoms with Crippen molar-refractivity contribution >= 4 is 28.3 Å². The number of aromatic nitrogens is 2. The minimum atomic E-state index is -0.473. The van der Waals surface area contributed by atoms with Gasteiger partial charge in [0.25, 0.3) is 0 Å². The maximum Gasteiger partial charge on any atom is 0.336 e. The van der Waals surface area contributed by atoms with Gasteiger partial charge in [0.2, 0.25) is 11.7 Å². The van der Waals surface area contributed by atoms with Gasteiger partial charge in [-0.25, -0.2) is 4.79 Å². The molecule has 0 aliphatic heterocycles. The Morgan fingerprint density at radius 3 is 2.83 bits per heavy atom. The zero-order valence-corrected chi connectivity index (χ0v) is 16.7. The van der Waals surface area contributed by atoms with E-state index in [9.17, 15) is 9.59 Å². The summed E-state index contributed by atoms with van der Waals surface area (Å²) < 4.78 is 15.8. The van der Waals surface area contributed by atoms with Crippen molar-refractivity contribution in [2.24, 2.45) is 0 Å². The van der Waals surface area contributed by atoms with E-state index in [0.29, 0.717) is 22.9 Å². The normalized spacial score (nSPS) is 11.1. The van der Waals surface area contributed by atoms with Gasteiger partial charge in [-0.05, 0) is 48.6 Å². The molecule has 1 aromatic carbocycles. The summed E-state index contributed by atoms with van der Waals surface area (Å²) in [5.74, 6) is 0.477. The third kappa shape index (κ3) is 4.27. The molecule has 3 aromatic heterocycles. The number of carbonyl (C=O) groups is 1. The Kier molecular flexibility index (Phi) is 5.26. The summed E-state index contributed by atoms with van der Waals surface area (Å²) >= 11 is 1.51. The van der Waals surface area contributed by atoms with Gasteiger partial charge in [0.1, 0.15) is 12.2 Å². The lowest BCUT2D eigenvalue weighted by Crippen LogP contribution is -2.08. The van der Waals surface area contributed by atoms with Gasteiger partial charge in [0, 0.05) is 23.4 Å². The van der Waals surface area contributed by atoms with Crippen LogP contribution in [0.4, 0.5) is 0 Å². The van der Waals surface area contributed by atoms with Crippen LogP contribution in [0.25, 0.3) is 21.7 Å². The number of ether oxygens (including phenoxy) is 1. The summed E-state index contributed by atoms with van der Waals surface area (Å²) in [4.78, 5) is 29.2. The summed E-state index contributed by atoms with van der Waals surface area (Å²) in [6.07, 6.45) is 0.386. The number of aryl methyl sites for hydroxylation is 3. The zero-order chi connectivity index (χ0) is 20.4. The Morgan fingerprint density at radius 2 is 2.03 bits per heavy atom. The van der Waals surface area contributed by atoms with Crippen LogP contribution in [-0.4, -0.2) is 16.1 Å². The van der Waals surface area contributed by atoms with E-state index >= 15 is 0 Å². The third-order valence-electron chi connectivity index (χ3n) is 4.59. The van der Waals surface area contributed by atoms with Crippen LogP contribution in [0.15, 0.2) is 49.4 Å². The second-order valence-corrected chi connectivity index (χ2v) is 7.62. The van der Waals surface area contributed by atoms with Crippen molar-refractivity contribution in [1.82, 2.24) is 10.1 Å². The molecule has 0 atom stereocenters. The molecular weight excluding hydrogens is 392 g/mol. The molecule has 4 rings (SSSR count). The Balaban J connectivity index is 1.40. The van der Waals surface area contributed by atoms with E-state index < -0.39 is 11.6 Å². The number of thiophene rings is 1. The molecule has 0 saturated heterocycles. The summed E-state index contributed by atoms with van der Waals surface area (Å²) in [6, 6.07) is 8.91. The maximum atomic E-state index is 12.2. The average Bonchev–Trinajstić information content (AvgIpc) is 3.37. The largest absolute Gasteiger partial charge is 0.461 e. The van der Waals surface area contributed by atoms with E-state index in [2.05, 4.69) is 10.1 Å². The molecule has 0 unspecified atom stereocenters. The Labute approximate surface area is 169 Å². The van der Waals surface area contributed by atoms with E-state index in [4.69, 9.17) is 13.7 Å². The highest BCUT2D eigenvalue weighted by Gasteiger charge is 2.13. The summed E-state index contributed by atoms with van der Waals surface area (Å²) in [5.41, 5.74) is 2.72. The van der Waals surface area contributed by atoms with Gasteiger partial charge in [-0.1, -0.05) is 11.2 Å². The molecule has 7 nitrogen and oxygen atoms in total. The Bertz CT molecular complexity index is 1220. The molecular formula is C21H18N2O5S. The lowest BCUT2D eigenvalue weighted by molar-refractivity contribution is -0.145. The lowest BCUT2D eigenvalue weighted by Gasteiger charge is -2.09. The van der Waals surface area contributed by atoms with Crippen molar-refractivity contribution in [2.45, 2.75) is 33.3 Å². The van der Waals surface area contributed by atoms with Gasteiger partial charge in [0.15, 0.2) is 0 Å². The molecule has 3 heterocycles. The lowest BCUT2D eigenvalue weighted by atomic mass is 10.0. The molecule has 148 valence electrons. The van der Waals surface area contributed by atoms with E-state index in [1.807, 2.05) is 43.5 Å². The molecule has 0 fully saturated rings. The van der Waals surface area contributed by atoms with E-state index in [-0.39, 0.29) is 19.4 Å². The standard InChI is InChI=1S/C21H18N2O5S/c1-12-8-15-14(10-20(25)27-16(15)9-13(12)2)11-26-19(24)6-5-18-22-21(23-28-18)17-4-3-7-29-17/h3-4,7-10H,5-6,11H2,1-2H3. The van der Waals surface area contributed by atoms with Crippen molar-refractivity contribution in [3.8, 4) is 10.7 Å². The van der Waals surface area contributed by atoms with Gasteiger partial charge in [-0.2, -0.15) is 4.98 Å². The zero-order valence-electron chi connectivity index (χ0n) is 15.9. The summed E-state index contributed by atoms with van der Waals surface area (Å²) in [7, 11) is 0. The van der Waals surface area contributed by atoms with Gasteiger partial charge in [-0.15, -0.1) is 11.3 Å². The quantitative estimate of drug-likeness (QED) is 0.347. The van der Waals surface area contributed by atoms with Crippen molar-refractivity contribution in [3.63, 3.8) is 0 Å². The van der Waals surface area contributed by atoms with Crippen LogP contribution < -0.4 is 5.63 Å². The number of benzene rings is 1. The SMILES string of the molecule is Cc1cc2oc(=O)cc(COC(=O)CCc3nc(-c4cccs4)no3)c2cc1C. The topological polar surface area (TPSA) is 95.4 Å². The molecule has 0 radical (unpaired) electrons. The second kappa shape index (κ2) is 8.00. The fourth-order valence-corrected chi connectivity index (χ4v) is 3.55. The summed E-state index contributed by atoms with van der Waals surface area (Å²) in [5, 5.41) is 6.61. The fourth-order valence-electron chi connectivity index (χ4n) is 2.90. The van der Waals surface area contributed by atoms with Gasteiger partial charge >= 0.3 is 11.6 Å². The predicted molar refractivity (Wildman–Crippen MR) is 108 cm³/mol. The van der Waals surface area contributed by atoms with Crippen LogP contribution in [0.5, 0.6) is 0 Å². The number of hydrogen-bond acceptors (Lipinski definition) is 8. The second-order valence-electron chi connectivity index (χ2n) is 6.67. The van der Waals surface area contributed by atoms with Crippen molar-refractivity contribution in [2.75, 3.05) is 0 Å². The highest BCUT2D eigenvalue weighted by atomic mass is 32.1. The maximum absolute atomic E-state index is 12.2. The number of esters is 1.